The van der Waals surface area contributed by atoms with E-state index in [1.54, 1.807) is 5.57 Å². The second-order valence-electron chi connectivity index (χ2n) is 11.6. The number of fused-ring (bicyclic) bond motifs is 2. The van der Waals surface area contributed by atoms with E-state index in [1.807, 2.05) is 55.4 Å². The van der Waals surface area contributed by atoms with E-state index in [1.165, 1.54) is 34.2 Å². The number of hydrogen-bond acceptors (Lipinski definition) is 4. The molecule has 4 nitrogen and oxygen atoms in total. The quantitative estimate of drug-likeness (QED) is 0.309. The molecule has 0 bridgehead atoms. The Balaban J connectivity index is 0.00000166. The van der Waals surface area contributed by atoms with Gasteiger partial charge in [0.15, 0.2) is 0 Å². The molecule has 2 aliphatic heterocycles. The molecular weight excluding hydrogens is 562 g/mol. The van der Waals surface area contributed by atoms with Crippen LogP contribution < -0.4 is 5.32 Å². The summed E-state index contributed by atoms with van der Waals surface area (Å²) in [5.74, 6) is 0.383. The SMILES string of the molecule is CC.CC.CC.CC.CCC.CCN1CCC(C(O)NC(C)CN2CCC(=C3c4ccccc4CCc4ccccc43)CC2)CC1. The predicted molar refractivity (Wildman–Crippen MR) is 207 cm³/mol. The Hall–Kier alpha value is -1.98. The molecule has 264 valence electrons. The molecular formula is C42H75N3O. The van der Waals surface area contributed by atoms with Crippen molar-refractivity contribution in [3.05, 3.63) is 76.4 Å². The summed E-state index contributed by atoms with van der Waals surface area (Å²) in [6.45, 7) is 31.3. The van der Waals surface area contributed by atoms with Gasteiger partial charge in [-0.25, -0.2) is 0 Å². The molecule has 2 saturated heterocycles. The summed E-state index contributed by atoms with van der Waals surface area (Å²) in [7, 11) is 0. The molecule has 4 heteroatoms. The Bertz CT molecular complexity index is 981. The van der Waals surface area contributed by atoms with E-state index in [-0.39, 0.29) is 6.23 Å². The van der Waals surface area contributed by atoms with Gasteiger partial charge in [-0.1, -0.05) is 137 Å². The van der Waals surface area contributed by atoms with E-state index in [0.717, 1.165) is 77.8 Å². The second kappa shape index (κ2) is 27.0. The third-order valence-corrected chi connectivity index (χ3v) is 8.56. The van der Waals surface area contributed by atoms with Gasteiger partial charge in [0.1, 0.15) is 6.23 Å². The van der Waals surface area contributed by atoms with Crippen LogP contribution in [0.3, 0.4) is 0 Å². The monoisotopic (exact) mass is 638 g/mol. The first-order valence-corrected chi connectivity index (χ1v) is 19.3. The van der Waals surface area contributed by atoms with Crippen molar-refractivity contribution in [3.63, 3.8) is 0 Å². The summed E-state index contributed by atoms with van der Waals surface area (Å²) in [5.41, 5.74) is 9.01. The van der Waals surface area contributed by atoms with E-state index in [2.05, 4.69) is 91.3 Å². The van der Waals surface area contributed by atoms with Crippen LogP contribution in [0.2, 0.25) is 0 Å². The average Bonchev–Trinajstić information content (AvgIpc) is 3.29. The number of aliphatic hydroxyl groups is 1. The number of aliphatic hydroxyl groups excluding tert-OH is 1. The molecule has 46 heavy (non-hydrogen) atoms. The van der Waals surface area contributed by atoms with Crippen LogP contribution in [0.4, 0.5) is 0 Å². The van der Waals surface area contributed by atoms with Gasteiger partial charge in [0, 0.05) is 31.6 Å². The van der Waals surface area contributed by atoms with E-state index in [9.17, 15) is 5.11 Å². The number of aryl methyl sites for hydroxylation is 2. The predicted octanol–water partition coefficient (Wildman–Crippen LogP) is 10.2. The van der Waals surface area contributed by atoms with Crippen LogP contribution in [0.25, 0.3) is 5.57 Å². The van der Waals surface area contributed by atoms with Crippen molar-refractivity contribution in [1.29, 1.82) is 0 Å². The first kappa shape index (κ1) is 44.0. The number of nitrogens with zero attached hydrogens (tertiary/aromatic N) is 2. The Morgan fingerprint density at radius 1 is 0.674 bits per heavy atom. The van der Waals surface area contributed by atoms with Crippen molar-refractivity contribution in [2.24, 2.45) is 5.92 Å². The maximum Gasteiger partial charge on any atom is 0.108 e. The summed E-state index contributed by atoms with van der Waals surface area (Å²) in [5, 5.41) is 14.3. The molecule has 2 unspecified atom stereocenters. The van der Waals surface area contributed by atoms with E-state index >= 15 is 0 Å². The molecule has 2 aromatic carbocycles. The highest BCUT2D eigenvalue weighted by Crippen LogP contribution is 2.38. The van der Waals surface area contributed by atoms with Crippen molar-refractivity contribution in [3.8, 4) is 0 Å². The van der Waals surface area contributed by atoms with Crippen LogP contribution in [0.5, 0.6) is 0 Å². The summed E-state index contributed by atoms with van der Waals surface area (Å²) in [6, 6.07) is 18.4. The number of benzene rings is 2. The lowest BCUT2D eigenvalue weighted by Crippen LogP contribution is -2.49. The normalized spacial score (nSPS) is 17.5. The third kappa shape index (κ3) is 14.0. The van der Waals surface area contributed by atoms with E-state index < -0.39 is 0 Å². The topological polar surface area (TPSA) is 38.7 Å². The van der Waals surface area contributed by atoms with Crippen LogP contribution in [0, 0.1) is 5.92 Å². The largest absolute Gasteiger partial charge is 0.378 e. The zero-order valence-corrected chi connectivity index (χ0v) is 32.4. The number of rotatable bonds is 6. The molecule has 2 fully saturated rings. The average molecular weight is 638 g/mol. The standard InChI is InChI=1S/C31H43N3O.C3H8.4C2H6/c1-3-33-18-16-27(17-19-33)31(35)32-23(2)22-34-20-14-26(15-21-34)30-28-10-6-4-8-24(28)12-13-25-9-5-7-11-29(25)30;1-3-2;4*1-2/h4-11,23,27,31-32,35H,3,12-22H2,1-2H3;3H2,1-2H3;4*1-2H3. The molecule has 0 aromatic heterocycles. The van der Waals surface area contributed by atoms with Crippen LogP contribution in [0.1, 0.15) is 137 Å². The summed E-state index contributed by atoms with van der Waals surface area (Å²) in [4.78, 5) is 5.07. The zero-order chi connectivity index (χ0) is 34.9. The fourth-order valence-corrected chi connectivity index (χ4v) is 6.47. The minimum Gasteiger partial charge on any atom is -0.378 e. The van der Waals surface area contributed by atoms with Gasteiger partial charge in [-0.05, 0) is 92.9 Å². The summed E-state index contributed by atoms with van der Waals surface area (Å²) in [6.07, 6.45) is 7.56. The number of hydrogen-bond donors (Lipinski definition) is 2. The molecule has 2 N–H and O–H groups in total. The fraction of sp³-hybridized carbons (Fsp3) is 0.667. The molecule has 0 amide bonds. The fourth-order valence-electron chi connectivity index (χ4n) is 6.47. The van der Waals surface area contributed by atoms with Crippen LogP contribution in [0.15, 0.2) is 54.1 Å². The molecule has 0 spiro atoms. The van der Waals surface area contributed by atoms with Crippen molar-refractivity contribution in [1.82, 2.24) is 15.1 Å². The highest BCUT2D eigenvalue weighted by Gasteiger charge is 2.27. The van der Waals surface area contributed by atoms with Crippen molar-refractivity contribution >= 4 is 5.57 Å². The first-order valence-electron chi connectivity index (χ1n) is 19.3. The third-order valence-electron chi connectivity index (χ3n) is 8.56. The Labute approximate surface area is 287 Å². The minimum atomic E-state index is -0.384. The molecule has 0 radical (unpaired) electrons. The summed E-state index contributed by atoms with van der Waals surface area (Å²) >= 11 is 0. The lowest BCUT2D eigenvalue weighted by Gasteiger charge is -2.36. The first-order chi connectivity index (χ1) is 22.5. The highest BCUT2D eigenvalue weighted by molar-refractivity contribution is 5.86. The van der Waals surface area contributed by atoms with Crippen molar-refractivity contribution < 1.29 is 5.11 Å². The summed E-state index contributed by atoms with van der Waals surface area (Å²) < 4.78 is 0. The Kier molecular flexibility index (Phi) is 25.9. The van der Waals surface area contributed by atoms with Crippen LogP contribution in [-0.4, -0.2) is 66.4 Å². The second-order valence-corrected chi connectivity index (χ2v) is 11.6. The molecule has 2 atom stereocenters. The van der Waals surface area contributed by atoms with Gasteiger partial charge in [0.05, 0.1) is 0 Å². The van der Waals surface area contributed by atoms with Gasteiger partial charge < -0.3 is 14.9 Å². The maximum atomic E-state index is 10.8. The number of likely N-dealkylation sites (tertiary alicyclic amines) is 2. The lowest BCUT2D eigenvalue weighted by molar-refractivity contribution is 0.0258. The molecule has 2 aromatic rings. The Morgan fingerprint density at radius 3 is 1.54 bits per heavy atom. The van der Waals surface area contributed by atoms with Gasteiger partial charge >= 0.3 is 0 Å². The molecule has 5 rings (SSSR count). The van der Waals surface area contributed by atoms with E-state index in [4.69, 9.17) is 0 Å². The van der Waals surface area contributed by atoms with E-state index in [0.29, 0.717) is 12.0 Å². The van der Waals surface area contributed by atoms with Crippen LogP contribution >= 0.6 is 0 Å². The van der Waals surface area contributed by atoms with Crippen molar-refractivity contribution in [2.75, 3.05) is 39.3 Å². The molecule has 3 aliphatic rings. The number of nitrogens with one attached hydrogen (secondary N) is 1. The maximum absolute atomic E-state index is 10.8. The number of piperidine rings is 2. The molecule has 2 heterocycles. The van der Waals surface area contributed by atoms with Crippen LogP contribution in [-0.2, 0) is 12.8 Å². The minimum absolute atomic E-state index is 0.294. The smallest absolute Gasteiger partial charge is 0.108 e. The molecule has 0 saturated carbocycles. The van der Waals surface area contributed by atoms with Gasteiger partial charge in [0.2, 0.25) is 0 Å². The van der Waals surface area contributed by atoms with Gasteiger partial charge in [-0.2, -0.15) is 0 Å². The highest BCUT2D eigenvalue weighted by atomic mass is 16.3. The zero-order valence-electron chi connectivity index (χ0n) is 32.4. The van der Waals surface area contributed by atoms with Gasteiger partial charge in [-0.15, -0.1) is 0 Å². The van der Waals surface area contributed by atoms with Gasteiger partial charge in [0.25, 0.3) is 0 Å². The van der Waals surface area contributed by atoms with Crippen molar-refractivity contribution in [2.45, 2.75) is 140 Å². The lowest BCUT2D eigenvalue weighted by atomic mass is 9.86. The molecule has 1 aliphatic carbocycles. The van der Waals surface area contributed by atoms with Gasteiger partial charge in [-0.3, -0.25) is 5.32 Å². The Morgan fingerprint density at radius 2 is 1.11 bits per heavy atom.